The lowest BCUT2D eigenvalue weighted by atomic mass is 10.1. The van der Waals surface area contributed by atoms with Gasteiger partial charge in [0.15, 0.2) is 0 Å². The predicted octanol–water partition coefficient (Wildman–Crippen LogP) is 2.74. The van der Waals surface area contributed by atoms with E-state index < -0.39 is 22.8 Å². The van der Waals surface area contributed by atoms with Gasteiger partial charge in [-0.15, -0.1) is 6.58 Å². The normalized spacial score (nSPS) is 18.2. The van der Waals surface area contributed by atoms with Crippen LogP contribution in [-0.2, 0) is 38.1 Å². The molecular formula is C33H60N4O8. The Balaban J connectivity index is 3.36. The number of esters is 4. The lowest BCUT2D eigenvalue weighted by Gasteiger charge is -2.36. The van der Waals surface area contributed by atoms with Crippen LogP contribution in [0.15, 0.2) is 12.7 Å². The van der Waals surface area contributed by atoms with Crippen molar-refractivity contribution in [2.45, 2.75) is 98.0 Å². The Labute approximate surface area is 271 Å². The maximum absolute atomic E-state index is 12.9. The molecule has 0 radical (unpaired) electrons. The van der Waals surface area contributed by atoms with Gasteiger partial charge in [0.25, 0.3) is 0 Å². The van der Waals surface area contributed by atoms with Gasteiger partial charge in [0, 0.05) is 52.4 Å². The van der Waals surface area contributed by atoms with Gasteiger partial charge < -0.3 is 18.9 Å². The van der Waals surface area contributed by atoms with Crippen molar-refractivity contribution in [2.24, 2.45) is 0 Å². The van der Waals surface area contributed by atoms with Crippen LogP contribution >= 0.6 is 0 Å². The number of methoxy groups -OCH3 is 1. The average Bonchev–Trinajstić information content (AvgIpc) is 2.86. The summed E-state index contributed by atoms with van der Waals surface area (Å²) in [5.74, 6) is -1.38. The van der Waals surface area contributed by atoms with Crippen molar-refractivity contribution in [1.82, 2.24) is 19.6 Å². The standard InChI is InChI=1S/C33H60N4O8/c1-12-13-14-26(30(41)42-11)37-21-19-35(24-28(39)44-32(5,6)7)17-15-34(23-27(38)43-31(2,3)4)16-18-36(20-22-37)25-29(40)45-33(8,9)10/h12,26H,1,13-25H2,2-11H3. The summed E-state index contributed by atoms with van der Waals surface area (Å²) in [6.45, 7) is 24.2. The van der Waals surface area contributed by atoms with Gasteiger partial charge in [0.2, 0.25) is 0 Å². The molecule has 0 aromatic heterocycles. The smallest absolute Gasteiger partial charge is 0.323 e. The van der Waals surface area contributed by atoms with E-state index in [0.717, 1.165) is 0 Å². The highest BCUT2D eigenvalue weighted by Crippen LogP contribution is 2.14. The fourth-order valence-electron chi connectivity index (χ4n) is 4.87. The summed E-state index contributed by atoms with van der Waals surface area (Å²) >= 11 is 0. The number of allylic oxidation sites excluding steroid dienone is 1. The molecule has 45 heavy (non-hydrogen) atoms. The first-order valence-electron chi connectivity index (χ1n) is 16.0. The van der Waals surface area contributed by atoms with E-state index in [1.807, 2.05) is 77.0 Å². The molecule has 1 heterocycles. The molecule has 0 saturated carbocycles. The van der Waals surface area contributed by atoms with E-state index in [2.05, 4.69) is 11.5 Å². The van der Waals surface area contributed by atoms with Gasteiger partial charge in [0.1, 0.15) is 22.8 Å². The molecule has 0 aromatic carbocycles. The molecule has 1 aliphatic rings. The molecule has 1 rings (SSSR count). The zero-order valence-corrected chi connectivity index (χ0v) is 29.6. The zero-order valence-electron chi connectivity index (χ0n) is 29.6. The van der Waals surface area contributed by atoms with Crippen molar-refractivity contribution < 1.29 is 38.1 Å². The molecule has 1 unspecified atom stereocenters. The Bertz CT molecular complexity index is 921. The topological polar surface area (TPSA) is 118 Å². The highest BCUT2D eigenvalue weighted by atomic mass is 16.6. The lowest BCUT2D eigenvalue weighted by Crippen LogP contribution is -2.52. The van der Waals surface area contributed by atoms with E-state index in [0.29, 0.717) is 65.2 Å². The molecular weight excluding hydrogens is 580 g/mol. The number of hydrogen-bond acceptors (Lipinski definition) is 12. The molecule has 0 aliphatic carbocycles. The van der Waals surface area contributed by atoms with Crippen molar-refractivity contribution in [3.63, 3.8) is 0 Å². The van der Waals surface area contributed by atoms with Crippen molar-refractivity contribution in [2.75, 3.05) is 79.1 Å². The van der Waals surface area contributed by atoms with Gasteiger partial charge in [-0.2, -0.15) is 0 Å². The minimum Gasteiger partial charge on any atom is -0.468 e. The molecule has 0 N–H and O–H groups in total. The molecule has 1 aliphatic heterocycles. The van der Waals surface area contributed by atoms with E-state index in [1.54, 1.807) is 6.08 Å². The highest BCUT2D eigenvalue weighted by Gasteiger charge is 2.30. The molecule has 1 saturated heterocycles. The van der Waals surface area contributed by atoms with Crippen LogP contribution in [0.2, 0.25) is 0 Å². The summed E-state index contributed by atoms with van der Waals surface area (Å²) < 4.78 is 22.0. The van der Waals surface area contributed by atoms with Gasteiger partial charge in [-0.3, -0.25) is 38.8 Å². The van der Waals surface area contributed by atoms with Gasteiger partial charge >= 0.3 is 23.9 Å². The van der Waals surface area contributed by atoms with E-state index in [-0.39, 0.29) is 43.5 Å². The number of hydrogen-bond donors (Lipinski definition) is 0. The fourth-order valence-corrected chi connectivity index (χ4v) is 4.87. The largest absolute Gasteiger partial charge is 0.468 e. The highest BCUT2D eigenvalue weighted by molar-refractivity contribution is 5.75. The first kappa shape index (κ1) is 40.5. The number of carbonyl (C=O) groups is 4. The Morgan fingerprint density at radius 1 is 0.622 bits per heavy atom. The molecule has 12 heteroatoms. The van der Waals surface area contributed by atoms with Crippen LogP contribution < -0.4 is 0 Å². The zero-order chi connectivity index (χ0) is 34.4. The van der Waals surface area contributed by atoms with E-state index in [4.69, 9.17) is 18.9 Å². The molecule has 1 fully saturated rings. The van der Waals surface area contributed by atoms with Crippen molar-refractivity contribution in [3.8, 4) is 0 Å². The molecule has 0 amide bonds. The van der Waals surface area contributed by atoms with Crippen LogP contribution in [0.25, 0.3) is 0 Å². The summed E-state index contributed by atoms with van der Waals surface area (Å²) in [4.78, 5) is 59.5. The van der Waals surface area contributed by atoms with Crippen LogP contribution in [0.1, 0.15) is 75.2 Å². The first-order chi connectivity index (χ1) is 20.7. The summed E-state index contributed by atoms with van der Waals surface area (Å²) in [5.41, 5.74) is -1.88. The maximum Gasteiger partial charge on any atom is 0.323 e. The van der Waals surface area contributed by atoms with Crippen LogP contribution in [-0.4, -0.2) is 145 Å². The third-order valence-corrected chi connectivity index (χ3v) is 6.75. The minimum atomic E-state index is -0.628. The predicted molar refractivity (Wildman–Crippen MR) is 174 cm³/mol. The Hall–Kier alpha value is -2.54. The minimum absolute atomic E-state index is 0.0612. The van der Waals surface area contributed by atoms with Crippen LogP contribution in [0.3, 0.4) is 0 Å². The molecule has 260 valence electrons. The van der Waals surface area contributed by atoms with E-state index in [9.17, 15) is 19.2 Å². The lowest BCUT2D eigenvalue weighted by molar-refractivity contribution is -0.159. The number of ether oxygens (including phenoxy) is 4. The summed E-state index contributed by atoms with van der Waals surface area (Å²) in [7, 11) is 1.38. The number of carbonyl (C=O) groups excluding carboxylic acids is 4. The summed E-state index contributed by atoms with van der Waals surface area (Å²) in [6.07, 6.45) is 2.92. The fraction of sp³-hybridized carbons (Fsp3) is 0.818. The Kier molecular flexibility index (Phi) is 16.7. The monoisotopic (exact) mass is 640 g/mol. The molecule has 1 atom stereocenters. The molecule has 0 bridgehead atoms. The second-order valence-corrected chi connectivity index (χ2v) is 14.5. The maximum atomic E-state index is 12.9. The second-order valence-electron chi connectivity index (χ2n) is 14.5. The van der Waals surface area contributed by atoms with Crippen molar-refractivity contribution in [3.05, 3.63) is 12.7 Å². The summed E-state index contributed by atoms with van der Waals surface area (Å²) in [5, 5.41) is 0. The van der Waals surface area contributed by atoms with Gasteiger partial charge in [-0.25, -0.2) is 0 Å². The third-order valence-electron chi connectivity index (χ3n) is 6.75. The number of nitrogens with zero attached hydrogens (tertiary/aromatic N) is 4. The van der Waals surface area contributed by atoms with Gasteiger partial charge in [0.05, 0.1) is 26.7 Å². The summed E-state index contributed by atoms with van der Waals surface area (Å²) in [6, 6.07) is -0.522. The third kappa shape index (κ3) is 18.9. The first-order valence-corrected chi connectivity index (χ1v) is 16.0. The molecule has 0 aromatic rings. The number of rotatable bonds is 11. The van der Waals surface area contributed by atoms with Crippen LogP contribution in [0.4, 0.5) is 0 Å². The van der Waals surface area contributed by atoms with E-state index in [1.165, 1.54) is 7.11 Å². The van der Waals surface area contributed by atoms with Gasteiger partial charge in [-0.05, 0) is 75.2 Å². The van der Waals surface area contributed by atoms with E-state index >= 15 is 0 Å². The van der Waals surface area contributed by atoms with Crippen LogP contribution in [0, 0.1) is 0 Å². The van der Waals surface area contributed by atoms with Crippen LogP contribution in [0.5, 0.6) is 0 Å². The Morgan fingerprint density at radius 2 is 0.933 bits per heavy atom. The quantitative estimate of drug-likeness (QED) is 0.188. The average molecular weight is 641 g/mol. The molecule has 12 nitrogen and oxygen atoms in total. The van der Waals surface area contributed by atoms with Gasteiger partial charge in [-0.1, -0.05) is 6.08 Å². The second kappa shape index (κ2) is 18.6. The van der Waals surface area contributed by atoms with Crippen molar-refractivity contribution >= 4 is 23.9 Å². The van der Waals surface area contributed by atoms with Crippen molar-refractivity contribution in [1.29, 1.82) is 0 Å². The Morgan fingerprint density at radius 3 is 1.20 bits per heavy atom. The molecule has 0 spiro atoms. The SMILES string of the molecule is C=CCCC(C(=O)OC)N1CCN(CC(=O)OC(C)(C)C)CCN(CC(=O)OC(C)(C)C)CCN(CC(=O)OC(C)(C)C)CC1.